The lowest BCUT2D eigenvalue weighted by atomic mass is 9.90. The fourth-order valence-electron chi connectivity index (χ4n) is 0.710. The molecule has 0 aromatic carbocycles. The molecule has 1 heteroatoms. The van der Waals surface area contributed by atoms with Crippen LogP contribution in [0, 0.1) is 5.41 Å². The zero-order valence-electron chi connectivity index (χ0n) is 7.50. The van der Waals surface area contributed by atoms with Crippen molar-refractivity contribution in [2.24, 2.45) is 5.41 Å². The molecule has 0 aliphatic carbocycles. The van der Waals surface area contributed by atoms with E-state index in [1.54, 1.807) is 0 Å². The van der Waals surface area contributed by atoms with Crippen LogP contribution in [0.1, 0.15) is 27.2 Å². The smallest absolute Gasteiger partial charge is 0.120 e. The summed E-state index contributed by atoms with van der Waals surface area (Å²) in [5, 5.41) is 0. The third-order valence-electron chi connectivity index (χ3n) is 1.46. The molecule has 0 aliphatic heterocycles. The van der Waals surface area contributed by atoms with Crippen LogP contribution in [0.3, 0.4) is 0 Å². The summed E-state index contributed by atoms with van der Waals surface area (Å²) >= 11 is 0. The van der Waals surface area contributed by atoms with E-state index in [1.807, 2.05) is 45.1 Å². The molecule has 0 N–H and O–H groups in total. The van der Waals surface area contributed by atoms with E-state index < -0.39 is 0 Å². The van der Waals surface area contributed by atoms with Crippen molar-refractivity contribution in [2.75, 3.05) is 0 Å². The first kappa shape index (κ1) is 10.2. The topological polar surface area (TPSA) is 17.1 Å². The van der Waals surface area contributed by atoms with E-state index in [2.05, 4.69) is 0 Å². The average Bonchev–Trinajstić information content (AvgIpc) is 1.87. The van der Waals surface area contributed by atoms with Crippen molar-refractivity contribution in [3.63, 3.8) is 0 Å². The van der Waals surface area contributed by atoms with Crippen LogP contribution in [0.5, 0.6) is 0 Å². The van der Waals surface area contributed by atoms with Gasteiger partial charge in [-0.15, -0.1) is 0 Å². The van der Waals surface area contributed by atoms with Crippen molar-refractivity contribution in [2.45, 2.75) is 27.2 Å². The van der Waals surface area contributed by atoms with Gasteiger partial charge < -0.3 is 4.79 Å². The average molecular weight is 152 g/mol. The first-order chi connectivity index (χ1) is 5.12. The monoisotopic (exact) mass is 152 g/mol. The van der Waals surface area contributed by atoms with Crippen molar-refractivity contribution in [1.82, 2.24) is 0 Å². The van der Waals surface area contributed by atoms with Crippen LogP contribution in [-0.2, 0) is 4.79 Å². The molecule has 11 heavy (non-hydrogen) atoms. The maximum atomic E-state index is 10.2. The van der Waals surface area contributed by atoms with E-state index in [-0.39, 0.29) is 5.41 Å². The third-order valence-corrected chi connectivity index (χ3v) is 1.46. The number of aldehydes is 1. The van der Waals surface area contributed by atoms with Crippen LogP contribution in [0.2, 0.25) is 0 Å². The van der Waals surface area contributed by atoms with Gasteiger partial charge in [0, 0.05) is 6.42 Å². The summed E-state index contributed by atoms with van der Waals surface area (Å²) in [6.07, 6.45) is 9.49. The predicted molar refractivity (Wildman–Crippen MR) is 48.4 cm³/mol. The Morgan fingerprint density at radius 2 is 1.91 bits per heavy atom. The molecule has 0 saturated carbocycles. The molecule has 0 aromatic rings. The summed E-state index contributed by atoms with van der Waals surface area (Å²) in [5.41, 5.74) is 0.00125. The van der Waals surface area contributed by atoms with Crippen molar-refractivity contribution in [3.8, 4) is 0 Å². The Balaban J connectivity index is 3.98. The first-order valence-electron chi connectivity index (χ1n) is 3.86. The highest BCUT2D eigenvalue weighted by Crippen LogP contribution is 2.20. The third kappa shape index (κ3) is 5.59. The lowest BCUT2D eigenvalue weighted by Gasteiger charge is -2.14. The molecule has 0 rings (SSSR count). The van der Waals surface area contributed by atoms with Crippen LogP contribution in [-0.4, -0.2) is 6.29 Å². The van der Waals surface area contributed by atoms with Crippen LogP contribution < -0.4 is 0 Å². The van der Waals surface area contributed by atoms with Gasteiger partial charge in [0.15, 0.2) is 0 Å². The van der Waals surface area contributed by atoms with Gasteiger partial charge in [0.25, 0.3) is 0 Å². The molecular formula is C10H16O. The Bertz CT molecular complexity index is 164. The van der Waals surface area contributed by atoms with E-state index in [9.17, 15) is 4.79 Å². The number of hydrogen-bond acceptors (Lipinski definition) is 1. The van der Waals surface area contributed by atoms with Crippen molar-refractivity contribution in [3.05, 3.63) is 24.3 Å². The molecule has 0 saturated heterocycles. The van der Waals surface area contributed by atoms with Gasteiger partial charge in [-0.1, -0.05) is 38.2 Å². The van der Waals surface area contributed by atoms with Crippen LogP contribution in [0.15, 0.2) is 24.3 Å². The highest BCUT2D eigenvalue weighted by atomic mass is 16.1. The number of carbonyl (C=O) groups is 1. The van der Waals surface area contributed by atoms with Gasteiger partial charge in [0.05, 0.1) is 0 Å². The molecule has 1 nitrogen and oxygen atoms in total. The Hall–Kier alpha value is -0.850. The fraction of sp³-hybridized carbons (Fsp3) is 0.500. The summed E-state index contributed by atoms with van der Waals surface area (Å²) in [6.45, 7) is 6.06. The van der Waals surface area contributed by atoms with Gasteiger partial charge >= 0.3 is 0 Å². The fourth-order valence-corrected chi connectivity index (χ4v) is 0.710. The predicted octanol–water partition coefficient (Wildman–Crippen LogP) is 2.73. The van der Waals surface area contributed by atoms with Gasteiger partial charge in [0.2, 0.25) is 0 Å². The van der Waals surface area contributed by atoms with Gasteiger partial charge in [-0.2, -0.15) is 0 Å². The summed E-state index contributed by atoms with van der Waals surface area (Å²) in [4.78, 5) is 10.2. The second kappa shape index (κ2) is 4.89. The molecule has 0 amide bonds. The Kier molecular flexibility index (Phi) is 4.51. The first-order valence-corrected chi connectivity index (χ1v) is 3.86. The zero-order valence-corrected chi connectivity index (χ0v) is 7.50. The molecule has 0 aromatic heterocycles. The van der Waals surface area contributed by atoms with Gasteiger partial charge in [0.1, 0.15) is 6.29 Å². The molecule has 0 spiro atoms. The summed E-state index contributed by atoms with van der Waals surface area (Å²) in [5.74, 6) is 0. The van der Waals surface area contributed by atoms with E-state index >= 15 is 0 Å². The standard InChI is InChI=1S/C10H16O/c1-4-5-6-7-10(2,3)8-9-11/h4-7,9H,8H2,1-3H3/b5-4+,7-6+. The minimum absolute atomic E-state index is 0.00125. The summed E-state index contributed by atoms with van der Waals surface area (Å²) < 4.78 is 0. The Morgan fingerprint density at radius 1 is 1.27 bits per heavy atom. The number of carbonyl (C=O) groups excluding carboxylic acids is 1. The van der Waals surface area contributed by atoms with Crippen LogP contribution in [0.25, 0.3) is 0 Å². The highest BCUT2D eigenvalue weighted by molar-refractivity contribution is 5.51. The normalized spacial score (nSPS) is 13.0. The van der Waals surface area contributed by atoms with E-state index in [4.69, 9.17) is 0 Å². The minimum atomic E-state index is 0.00125. The summed E-state index contributed by atoms with van der Waals surface area (Å²) in [6, 6.07) is 0. The minimum Gasteiger partial charge on any atom is -0.303 e. The number of allylic oxidation sites excluding steroid dienone is 4. The molecule has 0 radical (unpaired) electrons. The molecule has 0 heterocycles. The molecule has 0 bridgehead atoms. The molecule has 0 atom stereocenters. The maximum Gasteiger partial charge on any atom is 0.120 e. The van der Waals surface area contributed by atoms with E-state index in [1.165, 1.54) is 0 Å². The lowest BCUT2D eigenvalue weighted by molar-refractivity contribution is -0.109. The SMILES string of the molecule is C/C=C/C=C/C(C)(C)CC=O. The second-order valence-corrected chi connectivity index (χ2v) is 3.24. The molecule has 62 valence electrons. The van der Waals surface area contributed by atoms with Crippen LogP contribution in [0.4, 0.5) is 0 Å². The quantitative estimate of drug-likeness (QED) is 0.447. The van der Waals surface area contributed by atoms with E-state index in [0.29, 0.717) is 6.42 Å². The van der Waals surface area contributed by atoms with E-state index in [0.717, 1.165) is 6.29 Å². The lowest BCUT2D eigenvalue weighted by Crippen LogP contribution is -2.06. The van der Waals surface area contributed by atoms with Crippen molar-refractivity contribution < 1.29 is 4.79 Å². The molecular weight excluding hydrogens is 136 g/mol. The highest BCUT2D eigenvalue weighted by Gasteiger charge is 2.11. The van der Waals surface area contributed by atoms with Crippen molar-refractivity contribution >= 4 is 6.29 Å². The van der Waals surface area contributed by atoms with Gasteiger partial charge in [-0.05, 0) is 12.3 Å². The van der Waals surface area contributed by atoms with Gasteiger partial charge in [-0.25, -0.2) is 0 Å². The molecule has 0 fully saturated rings. The zero-order chi connectivity index (χ0) is 8.74. The number of rotatable bonds is 4. The van der Waals surface area contributed by atoms with Gasteiger partial charge in [-0.3, -0.25) is 0 Å². The largest absolute Gasteiger partial charge is 0.303 e. The van der Waals surface area contributed by atoms with Crippen LogP contribution >= 0.6 is 0 Å². The Morgan fingerprint density at radius 3 is 2.36 bits per heavy atom. The molecule has 0 aliphatic rings. The Labute approximate surface area is 68.8 Å². The van der Waals surface area contributed by atoms with Crippen molar-refractivity contribution in [1.29, 1.82) is 0 Å². The second-order valence-electron chi connectivity index (χ2n) is 3.24. The number of hydrogen-bond donors (Lipinski definition) is 0. The molecule has 0 unspecified atom stereocenters. The maximum absolute atomic E-state index is 10.2. The summed E-state index contributed by atoms with van der Waals surface area (Å²) in [7, 11) is 0.